The number of rotatable bonds is 7. The summed E-state index contributed by atoms with van der Waals surface area (Å²) in [5.41, 5.74) is 0. The van der Waals surface area contributed by atoms with Crippen molar-refractivity contribution in [2.45, 2.75) is 70.4 Å². The van der Waals surface area contributed by atoms with Crippen LogP contribution in [0.1, 0.15) is 58.3 Å². The molecule has 2 rings (SSSR count). The number of aliphatic hydroxyl groups excluding tert-OH is 1. The summed E-state index contributed by atoms with van der Waals surface area (Å²) < 4.78 is 0. The van der Waals surface area contributed by atoms with Gasteiger partial charge in [0.15, 0.2) is 0 Å². The van der Waals surface area contributed by atoms with E-state index < -0.39 is 6.04 Å². The Morgan fingerprint density at radius 3 is 2.33 bits per heavy atom. The molecule has 2 aliphatic rings. The van der Waals surface area contributed by atoms with E-state index in [1.165, 1.54) is 6.42 Å². The van der Waals surface area contributed by atoms with Crippen LogP contribution in [0.2, 0.25) is 0 Å². The lowest BCUT2D eigenvalue weighted by atomic mass is 9.88. The standard InChI is InChI=1S/C16H28N2O3/c1-11(17-16(21)13-5-3-2-4-6-13)15(20)18-14(9-10-19)12-7-8-12/h11-14,19H,2-10H2,1H3,(H,17,21)(H,18,20). The first kappa shape index (κ1) is 16.3. The van der Waals surface area contributed by atoms with Gasteiger partial charge in [0, 0.05) is 18.6 Å². The molecule has 0 bridgehead atoms. The summed E-state index contributed by atoms with van der Waals surface area (Å²) in [5, 5.41) is 14.9. The summed E-state index contributed by atoms with van der Waals surface area (Å²) in [5.74, 6) is 0.458. The maximum Gasteiger partial charge on any atom is 0.242 e. The first-order chi connectivity index (χ1) is 10.1. The van der Waals surface area contributed by atoms with Gasteiger partial charge in [0.05, 0.1) is 0 Å². The van der Waals surface area contributed by atoms with Crippen molar-refractivity contribution in [3.63, 3.8) is 0 Å². The lowest BCUT2D eigenvalue weighted by Gasteiger charge is -2.24. The molecule has 0 aliphatic heterocycles. The van der Waals surface area contributed by atoms with Crippen LogP contribution < -0.4 is 10.6 Å². The molecule has 2 unspecified atom stereocenters. The third-order valence-electron chi connectivity index (χ3n) is 4.69. The van der Waals surface area contributed by atoms with Crippen molar-refractivity contribution < 1.29 is 14.7 Å². The van der Waals surface area contributed by atoms with Crippen molar-refractivity contribution in [1.82, 2.24) is 10.6 Å². The van der Waals surface area contributed by atoms with E-state index in [9.17, 15) is 9.59 Å². The van der Waals surface area contributed by atoms with E-state index in [1.807, 2.05) is 0 Å². The quantitative estimate of drug-likeness (QED) is 0.663. The molecule has 2 saturated carbocycles. The fourth-order valence-electron chi connectivity index (χ4n) is 3.13. The molecule has 3 N–H and O–H groups in total. The highest BCUT2D eigenvalue weighted by Gasteiger charge is 2.33. The molecule has 0 saturated heterocycles. The molecule has 120 valence electrons. The Hall–Kier alpha value is -1.10. The fourth-order valence-corrected chi connectivity index (χ4v) is 3.13. The van der Waals surface area contributed by atoms with E-state index in [2.05, 4.69) is 10.6 Å². The number of carbonyl (C=O) groups excluding carboxylic acids is 2. The molecule has 0 heterocycles. The smallest absolute Gasteiger partial charge is 0.242 e. The Kier molecular flexibility index (Phi) is 6.03. The van der Waals surface area contributed by atoms with Crippen molar-refractivity contribution >= 4 is 11.8 Å². The molecule has 0 aromatic rings. The molecule has 21 heavy (non-hydrogen) atoms. The highest BCUT2D eigenvalue weighted by Crippen LogP contribution is 2.33. The predicted octanol–water partition coefficient (Wildman–Crippen LogP) is 1.35. The van der Waals surface area contributed by atoms with Crippen LogP contribution in [0.25, 0.3) is 0 Å². The van der Waals surface area contributed by atoms with E-state index in [4.69, 9.17) is 5.11 Å². The largest absolute Gasteiger partial charge is 0.396 e. The minimum atomic E-state index is -0.501. The maximum absolute atomic E-state index is 12.2. The summed E-state index contributed by atoms with van der Waals surface area (Å²) in [7, 11) is 0. The minimum Gasteiger partial charge on any atom is -0.396 e. The summed E-state index contributed by atoms with van der Waals surface area (Å²) in [6, 6.07) is -0.448. The van der Waals surface area contributed by atoms with Crippen molar-refractivity contribution in [3.05, 3.63) is 0 Å². The maximum atomic E-state index is 12.2. The number of nitrogens with one attached hydrogen (secondary N) is 2. The summed E-state index contributed by atoms with van der Waals surface area (Å²) in [6.07, 6.45) is 8.15. The van der Waals surface area contributed by atoms with Crippen LogP contribution in [0.4, 0.5) is 0 Å². The van der Waals surface area contributed by atoms with E-state index in [0.29, 0.717) is 12.3 Å². The van der Waals surface area contributed by atoms with E-state index >= 15 is 0 Å². The predicted molar refractivity (Wildman–Crippen MR) is 80.5 cm³/mol. The molecule has 2 amide bonds. The van der Waals surface area contributed by atoms with E-state index in [0.717, 1.165) is 38.5 Å². The zero-order valence-corrected chi connectivity index (χ0v) is 12.9. The lowest BCUT2D eigenvalue weighted by molar-refractivity contribution is -0.131. The van der Waals surface area contributed by atoms with Crippen molar-refractivity contribution in [2.75, 3.05) is 6.61 Å². The Balaban J connectivity index is 1.76. The number of hydrogen-bond donors (Lipinski definition) is 3. The second kappa shape index (κ2) is 7.78. The number of aliphatic hydroxyl groups is 1. The molecule has 2 atom stereocenters. The Morgan fingerprint density at radius 1 is 1.10 bits per heavy atom. The second-order valence-corrected chi connectivity index (χ2v) is 6.53. The molecular weight excluding hydrogens is 268 g/mol. The van der Waals surface area contributed by atoms with Crippen LogP contribution in [-0.2, 0) is 9.59 Å². The summed E-state index contributed by atoms with van der Waals surface area (Å²) in [4.78, 5) is 24.3. The monoisotopic (exact) mass is 296 g/mol. The molecule has 0 radical (unpaired) electrons. The Bertz CT molecular complexity index is 363. The minimum absolute atomic E-state index is 0.0162. The highest BCUT2D eigenvalue weighted by atomic mass is 16.3. The molecular formula is C16H28N2O3. The van der Waals surface area contributed by atoms with Crippen molar-refractivity contribution in [2.24, 2.45) is 11.8 Å². The van der Waals surface area contributed by atoms with Crippen LogP contribution in [0.3, 0.4) is 0 Å². The number of carbonyl (C=O) groups is 2. The first-order valence-electron chi connectivity index (χ1n) is 8.33. The lowest BCUT2D eigenvalue weighted by Crippen LogP contribution is -2.50. The van der Waals surface area contributed by atoms with Gasteiger partial charge in [-0.2, -0.15) is 0 Å². The molecule has 2 fully saturated rings. The van der Waals surface area contributed by atoms with Gasteiger partial charge in [0.2, 0.25) is 11.8 Å². The Labute approximate surface area is 126 Å². The van der Waals surface area contributed by atoms with Gasteiger partial charge in [-0.3, -0.25) is 9.59 Å². The van der Waals surface area contributed by atoms with Crippen molar-refractivity contribution in [3.8, 4) is 0 Å². The van der Waals surface area contributed by atoms with Crippen LogP contribution in [0.15, 0.2) is 0 Å². The van der Waals surface area contributed by atoms with Gasteiger partial charge >= 0.3 is 0 Å². The molecule has 0 spiro atoms. The molecule has 0 aromatic carbocycles. The average molecular weight is 296 g/mol. The second-order valence-electron chi connectivity index (χ2n) is 6.53. The van der Waals surface area contributed by atoms with E-state index in [-0.39, 0.29) is 30.4 Å². The van der Waals surface area contributed by atoms with Crippen LogP contribution in [-0.4, -0.2) is 35.6 Å². The van der Waals surface area contributed by atoms with Crippen LogP contribution in [0, 0.1) is 11.8 Å². The summed E-state index contributed by atoms with van der Waals surface area (Å²) in [6.45, 7) is 1.82. The van der Waals surface area contributed by atoms with Gasteiger partial charge < -0.3 is 15.7 Å². The van der Waals surface area contributed by atoms with E-state index in [1.54, 1.807) is 6.92 Å². The molecule has 5 heteroatoms. The fraction of sp³-hybridized carbons (Fsp3) is 0.875. The zero-order valence-electron chi connectivity index (χ0n) is 12.9. The van der Waals surface area contributed by atoms with Gasteiger partial charge in [-0.15, -0.1) is 0 Å². The number of hydrogen-bond acceptors (Lipinski definition) is 3. The molecule has 0 aromatic heterocycles. The number of amides is 2. The van der Waals surface area contributed by atoms with Crippen LogP contribution in [0.5, 0.6) is 0 Å². The van der Waals surface area contributed by atoms with Gasteiger partial charge in [0.1, 0.15) is 6.04 Å². The topological polar surface area (TPSA) is 78.4 Å². The molecule has 2 aliphatic carbocycles. The third kappa shape index (κ3) is 4.99. The Morgan fingerprint density at radius 2 is 1.76 bits per heavy atom. The average Bonchev–Trinajstić information content (AvgIpc) is 3.32. The zero-order chi connectivity index (χ0) is 15.2. The van der Waals surface area contributed by atoms with Gasteiger partial charge in [-0.25, -0.2) is 0 Å². The first-order valence-corrected chi connectivity index (χ1v) is 8.33. The van der Waals surface area contributed by atoms with Crippen molar-refractivity contribution in [1.29, 1.82) is 0 Å². The van der Waals surface area contributed by atoms with Crippen LogP contribution >= 0.6 is 0 Å². The third-order valence-corrected chi connectivity index (χ3v) is 4.69. The van der Waals surface area contributed by atoms with Gasteiger partial charge in [-0.1, -0.05) is 19.3 Å². The SMILES string of the molecule is CC(NC(=O)C1CCCCC1)C(=O)NC(CCO)C1CC1. The highest BCUT2D eigenvalue weighted by molar-refractivity contribution is 5.88. The molecule has 5 nitrogen and oxygen atoms in total. The summed E-state index contributed by atoms with van der Waals surface area (Å²) >= 11 is 0. The van der Waals surface area contributed by atoms with Gasteiger partial charge in [-0.05, 0) is 44.9 Å². The van der Waals surface area contributed by atoms with Gasteiger partial charge in [0.25, 0.3) is 0 Å². The normalized spacial score (nSPS) is 22.4.